The predicted molar refractivity (Wildman–Crippen MR) is 78.5 cm³/mol. The summed E-state index contributed by atoms with van der Waals surface area (Å²) in [4.78, 5) is 13.2. The lowest BCUT2D eigenvalue weighted by Gasteiger charge is -2.13. The number of benzene rings is 1. The first-order valence-corrected chi connectivity index (χ1v) is 7.04. The number of aryl methyl sites for hydroxylation is 1. The Morgan fingerprint density at radius 2 is 2.21 bits per heavy atom. The summed E-state index contributed by atoms with van der Waals surface area (Å²) in [5.74, 6) is -0.196. The molecule has 0 spiro atoms. The number of aliphatic hydroxyl groups excluding tert-OH is 1. The Morgan fingerprint density at radius 3 is 2.84 bits per heavy atom. The zero-order chi connectivity index (χ0) is 13.8. The van der Waals surface area contributed by atoms with Gasteiger partial charge in [-0.05, 0) is 42.5 Å². The lowest BCUT2D eigenvalue weighted by Crippen LogP contribution is -2.18. The molecule has 1 heterocycles. The van der Waals surface area contributed by atoms with Crippen LogP contribution in [0.25, 0.3) is 0 Å². The summed E-state index contributed by atoms with van der Waals surface area (Å²) in [5.41, 5.74) is 2.55. The molecule has 1 aromatic carbocycles. The van der Waals surface area contributed by atoms with Gasteiger partial charge in [-0.3, -0.25) is 4.79 Å². The average molecular weight is 275 g/mol. The first-order valence-electron chi connectivity index (χ1n) is 6.16. The van der Waals surface area contributed by atoms with Crippen LogP contribution in [0.3, 0.4) is 0 Å². The van der Waals surface area contributed by atoms with Gasteiger partial charge in [0.25, 0.3) is 0 Å². The maximum absolute atomic E-state index is 12.2. The Bertz CT molecular complexity index is 564. The summed E-state index contributed by atoms with van der Waals surface area (Å²) in [5, 5.41) is 14.0. The van der Waals surface area contributed by atoms with E-state index in [1.54, 1.807) is 11.3 Å². The van der Waals surface area contributed by atoms with Gasteiger partial charge in [-0.1, -0.05) is 18.2 Å². The largest absolute Gasteiger partial charge is 0.392 e. The second-order valence-electron chi connectivity index (χ2n) is 4.53. The molecule has 1 aromatic heterocycles. The number of amides is 1. The zero-order valence-corrected chi connectivity index (χ0v) is 11.8. The normalized spacial score (nSPS) is 12.2. The minimum atomic E-state index is -0.169. The molecule has 2 aromatic rings. The lowest BCUT2D eigenvalue weighted by molar-refractivity contribution is -0.117. The van der Waals surface area contributed by atoms with Gasteiger partial charge in [0.2, 0.25) is 5.91 Å². The number of rotatable bonds is 4. The topological polar surface area (TPSA) is 49.3 Å². The smallest absolute Gasteiger partial charge is 0.232 e. The molecule has 19 heavy (non-hydrogen) atoms. The van der Waals surface area contributed by atoms with E-state index in [4.69, 9.17) is 5.11 Å². The van der Waals surface area contributed by atoms with Crippen LogP contribution >= 0.6 is 11.3 Å². The van der Waals surface area contributed by atoms with Gasteiger partial charge in [-0.25, -0.2) is 0 Å². The number of thiophene rings is 1. The first kappa shape index (κ1) is 13.8. The molecule has 1 atom stereocenters. The van der Waals surface area contributed by atoms with E-state index < -0.39 is 0 Å². The molecule has 4 heteroatoms. The fraction of sp³-hybridized carbons (Fsp3) is 0.267. The fourth-order valence-electron chi connectivity index (χ4n) is 1.81. The number of aliphatic hydroxyl groups is 1. The molecule has 0 bridgehead atoms. The van der Waals surface area contributed by atoms with Gasteiger partial charge in [-0.2, -0.15) is 0 Å². The second kappa shape index (κ2) is 5.99. The fourth-order valence-corrected chi connectivity index (χ4v) is 2.59. The minimum absolute atomic E-state index is 0.0242. The summed E-state index contributed by atoms with van der Waals surface area (Å²) >= 11 is 1.58. The quantitative estimate of drug-likeness (QED) is 0.899. The van der Waals surface area contributed by atoms with Gasteiger partial charge in [0, 0.05) is 10.6 Å². The lowest BCUT2D eigenvalue weighted by atomic mass is 10.1. The van der Waals surface area contributed by atoms with Crippen molar-refractivity contribution >= 4 is 22.9 Å². The van der Waals surface area contributed by atoms with Crippen molar-refractivity contribution in [2.24, 2.45) is 0 Å². The van der Waals surface area contributed by atoms with Crippen LogP contribution in [-0.4, -0.2) is 11.0 Å². The number of carbonyl (C=O) groups excluding carboxylic acids is 1. The van der Waals surface area contributed by atoms with E-state index in [0.29, 0.717) is 0 Å². The van der Waals surface area contributed by atoms with Crippen molar-refractivity contribution in [1.82, 2.24) is 0 Å². The molecule has 3 nitrogen and oxygen atoms in total. The zero-order valence-electron chi connectivity index (χ0n) is 11.0. The van der Waals surface area contributed by atoms with Crippen molar-refractivity contribution in [1.29, 1.82) is 0 Å². The van der Waals surface area contributed by atoms with Gasteiger partial charge in [0.05, 0.1) is 12.5 Å². The number of carbonyl (C=O) groups is 1. The van der Waals surface area contributed by atoms with E-state index in [9.17, 15) is 4.79 Å². The SMILES string of the molecule is Cc1ccc(CO)cc1NC(=O)C(C)c1cccs1. The monoisotopic (exact) mass is 275 g/mol. The van der Waals surface area contributed by atoms with Crippen LogP contribution in [0.15, 0.2) is 35.7 Å². The average Bonchev–Trinajstić information content (AvgIpc) is 2.94. The van der Waals surface area contributed by atoms with Gasteiger partial charge in [-0.15, -0.1) is 11.3 Å². The van der Waals surface area contributed by atoms with Crippen molar-refractivity contribution in [3.05, 3.63) is 51.7 Å². The van der Waals surface area contributed by atoms with Crippen LogP contribution in [0.1, 0.15) is 28.8 Å². The highest BCUT2D eigenvalue weighted by Crippen LogP contribution is 2.24. The highest BCUT2D eigenvalue weighted by Gasteiger charge is 2.16. The number of hydrogen-bond donors (Lipinski definition) is 2. The molecule has 0 saturated carbocycles. The third kappa shape index (κ3) is 3.22. The van der Waals surface area contributed by atoms with Crippen LogP contribution in [-0.2, 0) is 11.4 Å². The molecule has 0 radical (unpaired) electrons. The third-order valence-electron chi connectivity index (χ3n) is 3.11. The summed E-state index contributed by atoms with van der Waals surface area (Å²) < 4.78 is 0. The first-order chi connectivity index (χ1) is 9.11. The predicted octanol–water partition coefficient (Wildman–Crippen LogP) is 3.29. The number of anilines is 1. The Kier molecular flexibility index (Phi) is 4.35. The summed E-state index contributed by atoms with van der Waals surface area (Å²) in [6, 6.07) is 9.48. The molecule has 0 fully saturated rings. The number of nitrogens with one attached hydrogen (secondary N) is 1. The summed E-state index contributed by atoms with van der Waals surface area (Å²) in [7, 11) is 0. The molecule has 1 amide bonds. The van der Waals surface area contributed by atoms with E-state index in [1.165, 1.54) is 0 Å². The van der Waals surface area contributed by atoms with Gasteiger partial charge >= 0.3 is 0 Å². The Balaban J connectivity index is 2.14. The number of hydrogen-bond acceptors (Lipinski definition) is 3. The Labute approximate surface area is 116 Å². The second-order valence-corrected chi connectivity index (χ2v) is 5.51. The molecule has 0 saturated heterocycles. The Morgan fingerprint density at radius 1 is 1.42 bits per heavy atom. The van der Waals surface area contributed by atoms with Crippen molar-refractivity contribution < 1.29 is 9.90 Å². The van der Waals surface area contributed by atoms with E-state index in [-0.39, 0.29) is 18.4 Å². The van der Waals surface area contributed by atoms with Crippen molar-refractivity contribution in [3.63, 3.8) is 0 Å². The molecular formula is C15H17NO2S. The molecule has 1 unspecified atom stereocenters. The molecule has 0 aliphatic carbocycles. The maximum Gasteiger partial charge on any atom is 0.232 e. The Hall–Kier alpha value is -1.65. The summed E-state index contributed by atoms with van der Waals surface area (Å²) in [6.45, 7) is 3.81. The minimum Gasteiger partial charge on any atom is -0.392 e. The highest BCUT2D eigenvalue weighted by atomic mass is 32.1. The van der Waals surface area contributed by atoms with Gasteiger partial charge < -0.3 is 10.4 Å². The van der Waals surface area contributed by atoms with Crippen molar-refractivity contribution in [2.75, 3.05) is 5.32 Å². The van der Waals surface area contributed by atoms with Crippen molar-refractivity contribution in [2.45, 2.75) is 26.4 Å². The van der Waals surface area contributed by atoms with Crippen molar-refractivity contribution in [3.8, 4) is 0 Å². The molecule has 0 aliphatic rings. The van der Waals surface area contributed by atoms with Crippen LogP contribution in [0.5, 0.6) is 0 Å². The van der Waals surface area contributed by atoms with Crippen LogP contribution in [0.2, 0.25) is 0 Å². The molecule has 2 N–H and O–H groups in total. The van der Waals surface area contributed by atoms with E-state index >= 15 is 0 Å². The summed E-state index contributed by atoms with van der Waals surface area (Å²) in [6.07, 6.45) is 0. The molecule has 100 valence electrons. The van der Waals surface area contributed by atoms with Crippen LogP contribution in [0, 0.1) is 6.92 Å². The van der Waals surface area contributed by atoms with E-state index in [0.717, 1.165) is 21.7 Å². The van der Waals surface area contributed by atoms with Crippen LogP contribution in [0.4, 0.5) is 5.69 Å². The molecule has 2 rings (SSSR count). The van der Waals surface area contributed by atoms with Gasteiger partial charge in [0.15, 0.2) is 0 Å². The maximum atomic E-state index is 12.2. The highest BCUT2D eigenvalue weighted by molar-refractivity contribution is 7.10. The molecular weight excluding hydrogens is 258 g/mol. The van der Waals surface area contributed by atoms with E-state index in [1.807, 2.05) is 49.6 Å². The standard InChI is InChI=1S/C15H17NO2S/c1-10-5-6-12(9-17)8-13(10)16-15(18)11(2)14-4-3-7-19-14/h3-8,11,17H,9H2,1-2H3,(H,16,18). The third-order valence-corrected chi connectivity index (χ3v) is 4.16. The van der Waals surface area contributed by atoms with Crippen LogP contribution < -0.4 is 5.32 Å². The van der Waals surface area contributed by atoms with Gasteiger partial charge in [0.1, 0.15) is 0 Å². The molecule has 0 aliphatic heterocycles. The van der Waals surface area contributed by atoms with E-state index in [2.05, 4.69) is 5.32 Å².